The smallest absolute Gasteiger partial charge is 0.237 e. The average molecular weight is 348 g/mol. The van der Waals surface area contributed by atoms with Gasteiger partial charge in [-0.25, -0.2) is 15.0 Å². The van der Waals surface area contributed by atoms with Crippen LogP contribution in [0.15, 0.2) is 41.9 Å². The highest BCUT2D eigenvalue weighted by molar-refractivity contribution is 8.00. The summed E-state index contributed by atoms with van der Waals surface area (Å²) >= 11 is 7.24. The summed E-state index contributed by atoms with van der Waals surface area (Å²) in [6, 6.07) is 7.03. The van der Waals surface area contributed by atoms with Crippen LogP contribution in [0, 0.1) is 0 Å². The maximum atomic E-state index is 12.5. The van der Waals surface area contributed by atoms with E-state index in [2.05, 4.69) is 25.3 Å². The second kappa shape index (κ2) is 6.97. The van der Waals surface area contributed by atoms with Gasteiger partial charge in [0.25, 0.3) is 0 Å². The van der Waals surface area contributed by atoms with Gasteiger partial charge in [-0.2, -0.15) is 0 Å². The fraction of sp³-hybridized carbons (Fsp3) is 0.200. The second-order valence-corrected chi connectivity index (χ2v) is 6.42. The van der Waals surface area contributed by atoms with Crippen LogP contribution in [-0.4, -0.2) is 31.1 Å². The molecule has 1 aromatic carbocycles. The Labute approximate surface area is 142 Å². The molecule has 0 aliphatic carbocycles. The van der Waals surface area contributed by atoms with Crippen LogP contribution in [-0.2, 0) is 4.79 Å². The summed E-state index contributed by atoms with van der Waals surface area (Å²) in [5, 5.41) is 3.97. The number of hydrogen-bond donors (Lipinski definition) is 2. The number of benzene rings is 1. The van der Waals surface area contributed by atoms with E-state index in [1.165, 1.54) is 18.1 Å². The number of rotatable bonds is 5. The van der Waals surface area contributed by atoms with Gasteiger partial charge in [0.1, 0.15) is 16.9 Å². The minimum absolute atomic E-state index is 0.0777. The number of fused-ring (bicyclic) bond motifs is 1. The van der Waals surface area contributed by atoms with Crippen LogP contribution in [0.1, 0.15) is 13.3 Å². The molecular formula is C15H14ClN5OS. The molecule has 23 heavy (non-hydrogen) atoms. The van der Waals surface area contributed by atoms with E-state index >= 15 is 0 Å². The first kappa shape index (κ1) is 15.8. The molecule has 3 aromatic rings. The van der Waals surface area contributed by atoms with E-state index in [4.69, 9.17) is 11.6 Å². The summed E-state index contributed by atoms with van der Waals surface area (Å²) in [7, 11) is 0. The van der Waals surface area contributed by atoms with Gasteiger partial charge in [0, 0.05) is 10.7 Å². The van der Waals surface area contributed by atoms with Crippen molar-refractivity contribution in [1.29, 1.82) is 0 Å². The van der Waals surface area contributed by atoms with E-state index in [-0.39, 0.29) is 11.2 Å². The highest BCUT2D eigenvalue weighted by Gasteiger charge is 2.20. The van der Waals surface area contributed by atoms with E-state index in [0.29, 0.717) is 27.8 Å². The molecule has 0 radical (unpaired) electrons. The Morgan fingerprint density at radius 1 is 1.30 bits per heavy atom. The van der Waals surface area contributed by atoms with E-state index in [9.17, 15) is 4.79 Å². The number of anilines is 1. The molecule has 0 bridgehead atoms. The van der Waals surface area contributed by atoms with Crippen LogP contribution in [0.25, 0.3) is 11.2 Å². The summed E-state index contributed by atoms with van der Waals surface area (Å²) in [6.45, 7) is 1.96. The van der Waals surface area contributed by atoms with Gasteiger partial charge in [-0.3, -0.25) is 4.79 Å². The monoisotopic (exact) mass is 347 g/mol. The van der Waals surface area contributed by atoms with Gasteiger partial charge < -0.3 is 10.3 Å². The molecule has 0 aliphatic heterocycles. The van der Waals surface area contributed by atoms with Crippen molar-refractivity contribution in [1.82, 2.24) is 19.9 Å². The number of H-pyrrole nitrogens is 1. The van der Waals surface area contributed by atoms with Gasteiger partial charge in [-0.1, -0.05) is 30.3 Å². The number of nitrogens with one attached hydrogen (secondary N) is 2. The number of nitrogens with zero attached hydrogens (tertiary/aromatic N) is 3. The molecule has 118 valence electrons. The fourth-order valence-electron chi connectivity index (χ4n) is 2.05. The van der Waals surface area contributed by atoms with Crippen LogP contribution in [0.5, 0.6) is 0 Å². The van der Waals surface area contributed by atoms with Crippen LogP contribution in [0.3, 0.4) is 0 Å². The lowest BCUT2D eigenvalue weighted by atomic mass is 10.3. The number of amides is 1. The summed E-state index contributed by atoms with van der Waals surface area (Å²) in [5.41, 5.74) is 2.05. The number of carbonyl (C=O) groups is 1. The van der Waals surface area contributed by atoms with E-state index in [1.807, 2.05) is 6.92 Å². The normalized spacial score (nSPS) is 12.3. The maximum absolute atomic E-state index is 12.5. The Morgan fingerprint density at radius 3 is 2.83 bits per heavy atom. The van der Waals surface area contributed by atoms with Gasteiger partial charge in [0.15, 0.2) is 5.65 Å². The zero-order valence-corrected chi connectivity index (χ0v) is 13.9. The molecule has 1 amide bonds. The van der Waals surface area contributed by atoms with Gasteiger partial charge in [-0.15, -0.1) is 0 Å². The van der Waals surface area contributed by atoms with Crippen molar-refractivity contribution in [3.63, 3.8) is 0 Å². The van der Waals surface area contributed by atoms with Crippen molar-refractivity contribution < 1.29 is 4.79 Å². The number of aromatic amines is 1. The molecule has 1 unspecified atom stereocenters. The van der Waals surface area contributed by atoms with Crippen LogP contribution < -0.4 is 5.32 Å². The molecule has 1 atom stereocenters. The third kappa shape index (κ3) is 3.62. The third-order valence-corrected chi connectivity index (χ3v) is 4.83. The molecule has 8 heteroatoms. The van der Waals surface area contributed by atoms with Crippen molar-refractivity contribution in [2.75, 3.05) is 5.32 Å². The lowest BCUT2D eigenvalue weighted by molar-refractivity contribution is -0.115. The quantitative estimate of drug-likeness (QED) is 0.545. The summed E-state index contributed by atoms with van der Waals surface area (Å²) in [6.07, 6.45) is 3.69. The third-order valence-electron chi connectivity index (χ3n) is 3.22. The van der Waals surface area contributed by atoms with Crippen molar-refractivity contribution in [3.8, 4) is 0 Å². The predicted octanol–water partition coefficient (Wildman–Crippen LogP) is 3.52. The maximum Gasteiger partial charge on any atom is 0.237 e. The standard InChI is InChI=1S/C15H14ClN5OS/c1-2-11(14(22)21-10-5-3-9(16)4-6-10)23-15-12-13(18-7-17-12)19-8-20-15/h3-8,11H,2H2,1H3,(H,21,22)(H,17,18,19,20). The Hall–Kier alpha value is -2.12. The minimum Gasteiger partial charge on any atom is -0.341 e. The van der Waals surface area contributed by atoms with E-state index in [1.54, 1.807) is 30.6 Å². The second-order valence-electron chi connectivity index (χ2n) is 4.79. The van der Waals surface area contributed by atoms with Crippen molar-refractivity contribution >= 4 is 46.1 Å². The summed E-state index contributed by atoms with van der Waals surface area (Å²) in [5.74, 6) is -0.0777. The Bertz CT molecular complexity index is 820. The molecule has 0 fully saturated rings. The Kier molecular flexibility index (Phi) is 4.78. The number of thioether (sulfide) groups is 1. The first-order valence-electron chi connectivity index (χ1n) is 7.04. The average Bonchev–Trinajstić information content (AvgIpc) is 3.04. The number of carbonyl (C=O) groups excluding carboxylic acids is 1. The summed E-state index contributed by atoms with van der Waals surface area (Å²) < 4.78 is 0. The first-order chi connectivity index (χ1) is 11.2. The highest BCUT2D eigenvalue weighted by Crippen LogP contribution is 2.28. The molecule has 0 saturated heterocycles. The highest BCUT2D eigenvalue weighted by atomic mass is 35.5. The van der Waals surface area contributed by atoms with Crippen LogP contribution in [0.4, 0.5) is 5.69 Å². The lowest BCUT2D eigenvalue weighted by Gasteiger charge is -2.14. The van der Waals surface area contributed by atoms with Gasteiger partial charge in [-0.05, 0) is 30.7 Å². The van der Waals surface area contributed by atoms with Gasteiger partial charge in [0.2, 0.25) is 5.91 Å². The van der Waals surface area contributed by atoms with Crippen LogP contribution in [0.2, 0.25) is 5.02 Å². The Morgan fingerprint density at radius 2 is 2.09 bits per heavy atom. The van der Waals surface area contributed by atoms with E-state index in [0.717, 1.165) is 5.52 Å². The minimum atomic E-state index is -0.271. The molecule has 2 heterocycles. The topological polar surface area (TPSA) is 83.6 Å². The lowest BCUT2D eigenvalue weighted by Crippen LogP contribution is -2.24. The molecule has 2 N–H and O–H groups in total. The van der Waals surface area contributed by atoms with Crippen molar-refractivity contribution in [3.05, 3.63) is 41.9 Å². The molecule has 0 aliphatic rings. The van der Waals surface area contributed by atoms with Gasteiger partial charge >= 0.3 is 0 Å². The zero-order chi connectivity index (χ0) is 16.2. The SMILES string of the molecule is CCC(Sc1ncnc2nc[nH]c12)C(=O)Nc1ccc(Cl)cc1. The number of halogens is 1. The molecule has 0 saturated carbocycles. The van der Waals surface area contributed by atoms with E-state index < -0.39 is 0 Å². The molecule has 2 aromatic heterocycles. The van der Waals surface area contributed by atoms with Gasteiger partial charge in [0.05, 0.1) is 11.6 Å². The number of aromatic nitrogens is 4. The Balaban J connectivity index is 1.75. The first-order valence-corrected chi connectivity index (χ1v) is 8.30. The number of hydrogen-bond acceptors (Lipinski definition) is 5. The molecule has 0 spiro atoms. The molecule has 6 nitrogen and oxygen atoms in total. The van der Waals surface area contributed by atoms with Crippen molar-refractivity contribution in [2.45, 2.75) is 23.6 Å². The fourth-order valence-corrected chi connectivity index (χ4v) is 3.15. The number of imidazole rings is 1. The van der Waals surface area contributed by atoms with Crippen LogP contribution >= 0.6 is 23.4 Å². The zero-order valence-electron chi connectivity index (χ0n) is 12.3. The summed E-state index contributed by atoms with van der Waals surface area (Å²) in [4.78, 5) is 27.9. The molecule has 3 rings (SSSR count). The molecular weight excluding hydrogens is 334 g/mol. The largest absolute Gasteiger partial charge is 0.341 e. The van der Waals surface area contributed by atoms with Crippen molar-refractivity contribution in [2.24, 2.45) is 0 Å². The predicted molar refractivity (Wildman–Crippen MR) is 91.7 cm³/mol.